The van der Waals surface area contributed by atoms with Gasteiger partial charge in [-0.1, -0.05) is 48.5 Å². The van der Waals surface area contributed by atoms with Gasteiger partial charge in [0.15, 0.2) is 11.5 Å². The molecule has 3 nitrogen and oxygen atoms in total. The number of halogens is 4. The Morgan fingerprint density at radius 1 is 0.857 bits per heavy atom. The smallest absolute Gasteiger partial charge is 0.481 e. The fourth-order valence-corrected chi connectivity index (χ4v) is 3.24. The second-order valence-corrected chi connectivity index (χ2v) is 6.56. The maximum Gasteiger partial charge on any atom is 0.573 e. The van der Waals surface area contributed by atoms with Crippen LogP contribution in [-0.2, 0) is 0 Å². The molecular weight excluding hydrogens is 391 g/mol. The van der Waals surface area contributed by atoms with Crippen LogP contribution in [0.1, 0.15) is 11.7 Å². The van der Waals surface area contributed by atoms with Gasteiger partial charge in [0.05, 0.1) is 0 Å². The van der Waals surface area contributed by atoms with E-state index >= 15 is 0 Å². The van der Waals surface area contributed by atoms with Crippen LogP contribution in [0.4, 0.5) is 13.2 Å². The molecule has 1 aliphatic rings. The Morgan fingerprint density at radius 3 is 2.14 bits per heavy atom. The van der Waals surface area contributed by atoms with Crippen LogP contribution >= 0.6 is 12.4 Å². The van der Waals surface area contributed by atoms with Gasteiger partial charge in [-0.2, -0.15) is 0 Å². The van der Waals surface area contributed by atoms with Gasteiger partial charge < -0.3 is 14.8 Å². The lowest BCUT2D eigenvalue weighted by Crippen LogP contribution is -2.46. The van der Waals surface area contributed by atoms with E-state index in [1.807, 2.05) is 42.5 Å². The summed E-state index contributed by atoms with van der Waals surface area (Å²) in [6, 6.07) is 19.9. The Hall–Kier alpha value is -2.44. The summed E-state index contributed by atoms with van der Waals surface area (Å²) >= 11 is 0. The molecule has 3 aromatic carbocycles. The third-order valence-corrected chi connectivity index (χ3v) is 4.67. The van der Waals surface area contributed by atoms with Crippen LogP contribution in [-0.4, -0.2) is 19.5 Å². The van der Waals surface area contributed by atoms with E-state index in [2.05, 4.69) is 10.1 Å². The summed E-state index contributed by atoms with van der Waals surface area (Å²) in [4.78, 5) is 0. The predicted octanol–water partition coefficient (Wildman–Crippen LogP) is 5.50. The highest BCUT2D eigenvalue weighted by atomic mass is 35.5. The lowest BCUT2D eigenvalue weighted by Gasteiger charge is -2.35. The molecule has 1 heterocycles. The quantitative estimate of drug-likeness (QED) is 0.603. The first kappa shape index (κ1) is 20.3. The minimum Gasteiger partial charge on any atom is -0.481 e. The first-order chi connectivity index (χ1) is 13.0. The van der Waals surface area contributed by atoms with Crippen molar-refractivity contribution in [1.82, 2.24) is 5.32 Å². The molecule has 148 valence electrons. The lowest BCUT2D eigenvalue weighted by atomic mass is 9.89. The second kappa shape index (κ2) is 8.29. The van der Waals surface area contributed by atoms with Gasteiger partial charge in [-0.25, -0.2) is 0 Å². The Morgan fingerprint density at radius 2 is 1.50 bits per heavy atom. The van der Waals surface area contributed by atoms with Gasteiger partial charge in [-0.05, 0) is 34.5 Å². The molecule has 4 rings (SSSR count). The molecule has 1 aliphatic heterocycles. The third kappa shape index (κ3) is 4.51. The normalized spacial score (nSPS) is 15.4. The van der Waals surface area contributed by atoms with Crippen molar-refractivity contribution in [2.45, 2.75) is 12.5 Å². The van der Waals surface area contributed by atoms with Crippen LogP contribution < -0.4 is 14.8 Å². The summed E-state index contributed by atoms with van der Waals surface area (Å²) in [5, 5.41) is 5.37. The molecule has 1 saturated heterocycles. The van der Waals surface area contributed by atoms with E-state index in [0.29, 0.717) is 0 Å². The molecule has 1 fully saturated rings. The molecule has 7 heteroatoms. The summed E-state index contributed by atoms with van der Waals surface area (Å²) in [6.45, 7) is 1.50. The van der Waals surface area contributed by atoms with Crippen LogP contribution in [0.15, 0.2) is 66.7 Å². The van der Waals surface area contributed by atoms with Crippen LogP contribution in [0.5, 0.6) is 11.5 Å². The molecule has 0 amide bonds. The van der Waals surface area contributed by atoms with Crippen LogP contribution in [0.25, 0.3) is 10.8 Å². The standard InChI is InChI=1S/C21H18F3NO2.ClH/c22-21(23,24)27-19-8-4-3-7-18(19)26-20(17-12-25-13-17)16-10-9-14-5-1-2-6-15(14)11-16;/h1-11,17,20,25H,12-13H2;1H. The highest BCUT2D eigenvalue weighted by molar-refractivity contribution is 5.85. The number of benzene rings is 3. The molecule has 28 heavy (non-hydrogen) atoms. The fraction of sp³-hybridized carbons (Fsp3) is 0.238. The van der Waals surface area contributed by atoms with Gasteiger partial charge in [0.2, 0.25) is 0 Å². The maximum atomic E-state index is 12.7. The van der Waals surface area contributed by atoms with Gasteiger partial charge in [-0.3, -0.25) is 0 Å². The molecule has 3 aromatic rings. The zero-order chi connectivity index (χ0) is 18.9. The molecular formula is C21H19ClF3NO2. The summed E-state index contributed by atoms with van der Waals surface area (Å²) in [6.07, 6.45) is -5.13. The number of ether oxygens (including phenoxy) is 2. The number of hydrogen-bond donors (Lipinski definition) is 1. The first-order valence-electron chi connectivity index (χ1n) is 8.70. The van der Waals surface area contributed by atoms with Gasteiger partial charge in [0.1, 0.15) is 6.10 Å². The molecule has 0 aliphatic carbocycles. The van der Waals surface area contributed by atoms with E-state index < -0.39 is 6.36 Å². The molecule has 1 N–H and O–H groups in total. The highest BCUT2D eigenvalue weighted by Crippen LogP contribution is 2.38. The number of fused-ring (bicyclic) bond motifs is 1. The number of para-hydroxylation sites is 2. The monoisotopic (exact) mass is 409 g/mol. The van der Waals surface area contributed by atoms with E-state index in [0.717, 1.165) is 29.4 Å². The Labute approximate surface area is 166 Å². The fourth-order valence-electron chi connectivity index (χ4n) is 3.24. The number of hydrogen-bond acceptors (Lipinski definition) is 3. The average Bonchev–Trinajstić information content (AvgIpc) is 2.59. The predicted molar refractivity (Wildman–Crippen MR) is 104 cm³/mol. The Bertz CT molecular complexity index is 944. The number of rotatable bonds is 5. The zero-order valence-electron chi connectivity index (χ0n) is 14.8. The van der Waals surface area contributed by atoms with Crippen LogP contribution in [0, 0.1) is 5.92 Å². The van der Waals surface area contributed by atoms with E-state index in [1.54, 1.807) is 6.07 Å². The van der Waals surface area contributed by atoms with Crippen molar-refractivity contribution in [2.24, 2.45) is 5.92 Å². The van der Waals surface area contributed by atoms with Crippen LogP contribution in [0.2, 0.25) is 0 Å². The van der Waals surface area contributed by atoms with Gasteiger partial charge in [0.25, 0.3) is 0 Å². The minimum atomic E-state index is -4.77. The van der Waals surface area contributed by atoms with Crippen molar-refractivity contribution >= 4 is 23.2 Å². The lowest BCUT2D eigenvalue weighted by molar-refractivity contribution is -0.275. The van der Waals surface area contributed by atoms with Crippen molar-refractivity contribution < 1.29 is 22.6 Å². The molecule has 0 spiro atoms. The summed E-state index contributed by atoms with van der Waals surface area (Å²) < 4.78 is 48.3. The van der Waals surface area contributed by atoms with Crippen molar-refractivity contribution in [2.75, 3.05) is 13.1 Å². The van der Waals surface area contributed by atoms with Crippen LogP contribution in [0.3, 0.4) is 0 Å². The van der Waals surface area contributed by atoms with Gasteiger partial charge in [0, 0.05) is 19.0 Å². The second-order valence-electron chi connectivity index (χ2n) is 6.56. The van der Waals surface area contributed by atoms with Gasteiger partial charge >= 0.3 is 6.36 Å². The Balaban J connectivity index is 0.00000225. The Kier molecular flexibility index (Phi) is 6.01. The number of alkyl halides is 3. The molecule has 1 atom stereocenters. The average molecular weight is 410 g/mol. The minimum absolute atomic E-state index is 0. The summed E-state index contributed by atoms with van der Waals surface area (Å²) in [7, 11) is 0. The molecule has 0 bridgehead atoms. The third-order valence-electron chi connectivity index (χ3n) is 4.67. The van der Waals surface area contributed by atoms with Crippen molar-refractivity contribution in [1.29, 1.82) is 0 Å². The molecule has 1 unspecified atom stereocenters. The van der Waals surface area contributed by atoms with Crippen molar-refractivity contribution in [3.63, 3.8) is 0 Å². The topological polar surface area (TPSA) is 30.5 Å². The molecule has 0 radical (unpaired) electrons. The highest BCUT2D eigenvalue weighted by Gasteiger charge is 2.34. The molecule has 0 saturated carbocycles. The SMILES string of the molecule is Cl.FC(F)(F)Oc1ccccc1OC(c1ccc2ccccc2c1)C1CNC1. The molecule has 0 aromatic heterocycles. The summed E-state index contributed by atoms with van der Waals surface area (Å²) in [5.74, 6) is -0.0759. The van der Waals surface area contributed by atoms with Crippen molar-refractivity contribution in [3.8, 4) is 11.5 Å². The largest absolute Gasteiger partial charge is 0.573 e. The first-order valence-corrected chi connectivity index (χ1v) is 8.70. The number of nitrogens with one attached hydrogen (secondary N) is 1. The van der Waals surface area contributed by atoms with E-state index in [-0.39, 0.29) is 35.9 Å². The van der Waals surface area contributed by atoms with Crippen molar-refractivity contribution in [3.05, 3.63) is 72.3 Å². The van der Waals surface area contributed by atoms with Gasteiger partial charge in [-0.15, -0.1) is 25.6 Å². The summed E-state index contributed by atoms with van der Waals surface area (Å²) in [5.41, 5.74) is 0.932. The van der Waals surface area contributed by atoms with E-state index in [9.17, 15) is 13.2 Å². The van der Waals surface area contributed by atoms with E-state index in [1.165, 1.54) is 18.2 Å². The zero-order valence-corrected chi connectivity index (χ0v) is 15.6. The maximum absolute atomic E-state index is 12.7. The van der Waals surface area contributed by atoms with E-state index in [4.69, 9.17) is 4.74 Å².